The van der Waals surface area contributed by atoms with Crippen LogP contribution in [0.3, 0.4) is 0 Å². The Kier molecular flexibility index (Phi) is 4.44. The summed E-state index contributed by atoms with van der Waals surface area (Å²) in [5.41, 5.74) is 2.80. The molecule has 0 bridgehead atoms. The molecule has 1 heterocycles. The Morgan fingerprint density at radius 1 is 1.29 bits per heavy atom. The number of morpholine rings is 1. The number of amides is 1. The van der Waals surface area contributed by atoms with Crippen molar-refractivity contribution in [3.05, 3.63) is 29.3 Å². The first-order chi connectivity index (χ1) is 10.3. The molecule has 1 atom stereocenters. The van der Waals surface area contributed by atoms with Gasteiger partial charge in [-0.1, -0.05) is 13.0 Å². The minimum absolute atomic E-state index is 0.0845. The van der Waals surface area contributed by atoms with Gasteiger partial charge in [0.25, 0.3) is 5.91 Å². The highest BCUT2D eigenvalue weighted by atomic mass is 16.5. The fraction of sp³-hybridized carbons (Fsp3) is 0.588. The lowest BCUT2D eigenvalue weighted by Crippen LogP contribution is -2.47. The maximum Gasteiger partial charge on any atom is 0.263 e. The SMILES string of the molecule is CCC(Oc1ccc2c(c1)CCC2)C(=O)N1CCOCC1. The van der Waals surface area contributed by atoms with Gasteiger partial charge in [-0.3, -0.25) is 4.79 Å². The van der Waals surface area contributed by atoms with E-state index in [1.54, 1.807) is 0 Å². The van der Waals surface area contributed by atoms with Crippen LogP contribution in [0.4, 0.5) is 0 Å². The highest BCUT2D eigenvalue weighted by Gasteiger charge is 2.26. The van der Waals surface area contributed by atoms with Gasteiger partial charge < -0.3 is 14.4 Å². The number of nitrogens with zero attached hydrogens (tertiary/aromatic N) is 1. The normalized spacial score (nSPS) is 19.2. The number of fused-ring (bicyclic) bond motifs is 1. The third-order valence-corrected chi connectivity index (χ3v) is 4.32. The Morgan fingerprint density at radius 3 is 2.81 bits per heavy atom. The minimum atomic E-state index is -0.387. The average molecular weight is 289 g/mol. The molecule has 3 rings (SSSR count). The quantitative estimate of drug-likeness (QED) is 0.853. The summed E-state index contributed by atoms with van der Waals surface area (Å²) in [5, 5.41) is 0. The molecule has 1 aromatic carbocycles. The van der Waals surface area contributed by atoms with Gasteiger partial charge in [-0.2, -0.15) is 0 Å². The summed E-state index contributed by atoms with van der Waals surface area (Å²) >= 11 is 0. The number of aryl methyl sites for hydroxylation is 2. The van der Waals surface area contributed by atoms with Crippen LogP contribution >= 0.6 is 0 Å². The van der Waals surface area contributed by atoms with Gasteiger partial charge in [-0.25, -0.2) is 0 Å². The van der Waals surface area contributed by atoms with E-state index in [0.717, 1.165) is 12.2 Å². The molecule has 1 aromatic rings. The van der Waals surface area contributed by atoms with E-state index in [9.17, 15) is 4.79 Å². The van der Waals surface area contributed by atoms with Crippen LogP contribution in [0.25, 0.3) is 0 Å². The molecule has 114 valence electrons. The Labute approximate surface area is 126 Å². The van der Waals surface area contributed by atoms with Crippen molar-refractivity contribution in [3.63, 3.8) is 0 Å². The smallest absolute Gasteiger partial charge is 0.263 e. The highest BCUT2D eigenvalue weighted by molar-refractivity contribution is 5.81. The molecule has 0 spiro atoms. The molecule has 1 fully saturated rings. The number of carbonyl (C=O) groups is 1. The molecule has 0 aromatic heterocycles. The zero-order valence-electron chi connectivity index (χ0n) is 12.6. The van der Waals surface area contributed by atoms with E-state index in [2.05, 4.69) is 12.1 Å². The van der Waals surface area contributed by atoms with Gasteiger partial charge in [0.1, 0.15) is 5.75 Å². The zero-order chi connectivity index (χ0) is 14.7. The summed E-state index contributed by atoms with van der Waals surface area (Å²) in [6.07, 6.45) is 3.82. The summed E-state index contributed by atoms with van der Waals surface area (Å²) < 4.78 is 11.3. The van der Waals surface area contributed by atoms with Gasteiger partial charge in [0.15, 0.2) is 6.10 Å². The van der Waals surface area contributed by atoms with Crippen LogP contribution in [0.1, 0.15) is 30.9 Å². The van der Waals surface area contributed by atoms with Crippen LogP contribution in [0.2, 0.25) is 0 Å². The van der Waals surface area contributed by atoms with Gasteiger partial charge in [0, 0.05) is 13.1 Å². The third kappa shape index (κ3) is 3.21. The van der Waals surface area contributed by atoms with Gasteiger partial charge in [0.05, 0.1) is 13.2 Å². The minimum Gasteiger partial charge on any atom is -0.481 e. The molecule has 1 aliphatic carbocycles. The van der Waals surface area contributed by atoms with Gasteiger partial charge in [-0.15, -0.1) is 0 Å². The first kappa shape index (κ1) is 14.4. The second-order valence-corrected chi connectivity index (χ2v) is 5.74. The number of hydrogen-bond donors (Lipinski definition) is 0. The van der Waals surface area contributed by atoms with Crippen molar-refractivity contribution >= 4 is 5.91 Å². The molecule has 2 aliphatic rings. The van der Waals surface area contributed by atoms with Crippen molar-refractivity contribution in [2.45, 2.75) is 38.7 Å². The number of hydrogen-bond acceptors (Lipinski definition) is 3. The third-order valence-electron chi connectivity index (χ3n) is 4.32. The van der Waals surface area contributed by atoms with Crippen LogP contribution in [-0.4, -0.2) is 43.2 Å². The van der Waals surface area contributed by atoms with Gasteiger partial charge in [0.2, 0.25) is 0 Å². The second kappa shape index (κ2) is 6.48. The highest BCUT2D eigenvalue weighted by Crippen LogP contribution is 2.27. The number of carbonyl (C=O) groups excluding carboxylic acids is 1. The Morgan fingerprint density at radius 2 is 2.05 bits per heavy atom. The van der Waals surface area contributed by atoms with Gasteiger partial charge in [-0.05, 0) is 48.9 Å². The van der Waals surface area contributed by atoms with Crippen molar-refractivity contribution in [3.8, 4) is 5.75 Å². The standard InChI is InChI=1S/C17H23NO3/c1-2-16(17(19)18-8-10-20-11-9-18)21-15-7-6-13-4-3-5-14(13)12-15/h6-7,12,16H,2-5,8-11H2,1H3. The van der Waals surface area contributed by atoms with Crippen molar-refractivity contribution in [2.24, 2.45) is 0 Å². The molecule has 1 unspecified atom stereocenters. The summed E-state index contributed by atoms with van der Waals surface area (Å²) in [4.78, 5) is 14.4. The van der Waals surface area contributed by atoms with Crippen LogP contribution in [0.15, 0.2) is 18.2 Å². The molecule has 4 heteroatoms. The predicted molar refractivity (Wildman–Crippen MR) is 80.6 cm³/mol. The molecule has 0 N–H and O–H groups in total. The number of benzene rings is 1. The molecule has 1 amide bonds. The summed E-state index contributed by atoms with van der Waals surface area (Å²) in [6.45, 7) is 4.59. The number of ether oxygens (including phenoxy) is 2. The lowest BCUT2D eigenvalue weighted by Gasteiger charge is -2.30. The first-order valence-corrected chi connectivity index (χ1v) is 7.93. The zero-order valence-corrected chi connectivity index (χ0v) is 12.6. The van der Waals surface area contributed by atoms with Crippen LogP contribution in [-0.2, 0) is 22.4 Å². The monoisotopic (exact) mass is 289 g/mol. The summed E-state index contributed by atoms with van der Waals surface area (Å²) in [6, 6.07) is 6.25. The van der Waals surface area contributed by atoms with Crippen LogP contribution in [0, 0.1) is 0 Å². The summed E-state index contributed by atoms with van der Waals surface area (Å²) in [7, 11) is 0. The van der Waals surface area contributed by atoms with Gasteiger partial charge >= 0.3 is 0 Å². The van der Waals surface area contributed by atoms with E-state index in [0.29, 0.717) is 32.7 Å². The van der Waals surface area contributed by atoms with E-state index in [-0.39, 0.29) is 12.0 Å². The fourth-order valence-corrected chi connectivity index (χ4v) is 3.08. The van der Waals surface area contributed by atoms with E-state index >= 15 is 0 Å². The second-order valence-electron chi connectivity index (χ2n) is 5.74. The molecular weight excluding hydrogens is 266 g/mol. The van der Waals surface area contributed by atoms with Crippen LogP contribution < -0.4 is 4.74 Å². The van der Waals surface area contributed by atoms with E-state index in [4.69, 9.17) is 9.47 Å². The van der Waals surface area contributed by atoms with E-state index in [1.807, 2.05) is 17.9 Å². The van der Waals surface area contributed by atoms with E-state index in [1.165, 1.54) is 24.0 Å². The summed E-state index contributed by atoms with van der Waals surface area (Å²) in [5.74, 6) is 0.908. The first-order valence-electron chi connectivity index (χ1n) is 7.93. The van der Waals surface area contributed by atoms with Crippen molar-refractivity contribution in [1.29, 1.82) is 0 Å². The van der Waals surface area contributed by atoms with Crippen molar-refractivity contribution < 1.29 is 14.3 Å². The number of rotatable bonds is 4. The topological polar surface area (TPSA) is 38.8 Å². The fourth-order valence-electron chi connectivity index (χ4n) is 3.08. The Bertz CT molecular complexity index is 509. The molecule has 1 aliphatic heterocycles. The van der Waals surface area contributed by atoms with Crippen molar-refractivity contribution in [2.75, 3.05) is 26.3 Å². The lowest BCUT2D eigenvalue weighted by molar-refractivity contribution is -0.142. The molecule has 0 radical (unpaired) electrons. The van der Waals surface area contributed by atoms with Crippen molar-refractivity contribution in [1.82, 2.24) is 4.90 Å². The van der Waals surface area contributed by atoms with Crippen LogP contribution in [0.5, 0.6) is 5.75 Å². The average Bonchev–Trinajstić information content (AvgIpc) is 3.00. The Hall–Kier alpha value is -1.55. The largest absolute Gasteiger partial charge is 0.481 e. The molecule has 4 nitrogen and oxygen atoms in total. The van der Waals surface area contributed by atoms with E-state index < -0.39 is 0 Å². The molecule has 21 heavy (non-hydrogen) atoms. The predicted octanol–water partition coefficient (Wildman–Crippen LogP) is 2.19. The lowest BCUT2D eigenvalue weighted by atomic mass is 10.1. The Balaban J connectivity index is 1.67. The molecule has 0 saturated carbocycles. The maximum atomic E-state index is 12.5. The maximum absolute atomic E-state index is 12.5. The molecule has 1 saturated heterocycles. The molecular formula is C17H23NO3.